The predicted octanol–water partition coefficient (Wildman–Crippen LogP) is 7.00. The first-order valence-electron chi connectivity index (χ1n) is 12.4. The monoisotopic (exact) mass is 438 g/mol. The molecule has 3 rings (SSSR count). The largest absolute Gasteiger partial charge is 0.490 e. The molecular formula is C27H38N2O3. The number of nitrogens with zero attached hydrogens (tertiary/aromatic N) is 2. The third-order valence-electron chi connectivity index (χ3n) is 6.54. The van der Waals surface area contributed by atoms with Gasteiger partial charge in [0.2, 0.25) is 0 Å². The Morgan fingerprint density at radius 1 is 0.906 bits per heavy atom. The molecule has 1 aliphatic rings. The van der Waals surface area contributed by atoms with Crippen molar-refractivity contribution in [3.8, 4) is 22.9 Å². The highest BCUT2D eigenvalue weighted by atomic mass is 16.5. The lowest BCUT2D eigenvalue weighted by Crippen LogP contribution is -2.16. The fourth-order valence-electron chi connectivity index (χ4n) is 4.36. The third kappa shape index (κ3) is 7.92. The van der Waals surface area contributed by atoms with Crippen molar-refractivity contribution < 1.29 is 14.3 Å². The minimum absolute atomic E-state index is 0.146. The van der Waals surface area contributed by atoms with Gasteiger partial charge >= 0.3 is 5.97 Å². The zero-order chi connectivity index (χ0) is 22.6. The first kappa shape index (κ1) is 24.2. The number of unbranched alkanes of at least 4 members (excludes halogenated alkanes) is 3. The molecule has 0 bridgehead atoms. The second kappa shape index (κ2) is 13.2. The van der Waals surface area contributed by atoms with E-state index in [4.69, 9.17) is 9.47 Å². The summed E-state index contributed by atoms with van der Waals surface area (Å²) in [5.74, 6) is 3.31. The molecule has 0 aliphatic heterocycles. The SMILES string of the molecule is CCCCCCOc1cnc(-c2ccc(OC(=O)CCC3CCC(CC)CC3)cc2)nc1. The van der Waals surface area contributed by atoms with E-state index in [1.54, 1.807) is 24.5 Å². The van der Waals surface area contributed by atoms with Crippen LogP contribution in [-0.2, 0) is 4.79 Å². The summed E-state index contributed by atoms with van der Waals surface area (Å²) in [5, 5.41) is 0. The van der Waals surface area contributed by atoms with Crippen LogP contribution in [-0.4, -0.2) is 22.5 Å². The van der Waals surface area contributed by atoms with Crippen molar-refractivity contribution in [2.75, 3.05) is 6.61 Å². The van der Waals surface area contributed by atoms with Crippen molar-refractivity contribution in [2.45, 2.75) is 84.5 Å². The van der Waals surface area contributed by atoms with Crippen LogP contribution in [0.25, 0.3) is 11.4 Å². The van der Waals surface area contributed by atoms with E-state index in [2.05, 4.69) is 23.8 Å². The Bertz CT molecular complexity index is 797. The van der Waals surface area contributed by atoms with Crippen molar-refractivity contribution in [3.05, 3.63) is 36.7 Å². The Hall–Kier alpha value is -2.43. The molecule has 1 fully saturated rings. The molecule has 0 unspecified atom stereocenters. The Kier molecular flexibility index (Phi) is 9.98. The Labute approximate surface area is 193 Å². The molecule has 1 aromatic carbocycles. The number of aromatic nitrogens is 2. The minimum atomic E-state index is -0.146. The lowest BCUT2D eigenvalue weighted by Gasteiger charge is -2.27. The number of rotatable bonds is 12. The maximum atomic E-state index is 12.3. The van der Waals surface area contributed by atoms with Gasteiger partial charge in [-0.05, 0) is 48.9 Å². The van der Waals surface area contributed by atoms with Gasteiger partial charge in [0.05, 0.1) is 19.0 Å². The number of carbonyl (C=O) groups is 1. The molecule has 1 aromatic heterocycles. The summed E-state index contributed by atoms with van der Waals surface area (Å²) < 4.78 is 11.2. The zero-order valence-corrected chi connectivity index (χ0v) is 19.7. The summed E-state index contributed by atoms with van der Waals surface area (Å²) >= 11 is 0. The van der Waals surface area contributed by atoms with E-state index < -0.39 is 0 Å². The van der Waals surface area contributed by atoms with Crippen LogP contribution in [0.15, 0.2) is 36.7 Å². The molecular weight excluding hydrogens is 400 g/mol. The molecule has 32 heavy (non-hydrogen) atoms. The van der Waals surface area contributed by atoms with Crippen molar-refractivity contribution in [2.24, 2.45) is 11.8 Å². The van der Waals surface area contributed by atoms with Crippen LogP contribution in [0.3, 0.4) is 0 Å². The van der Waals surface area contributed by atoms with Gasteiger partial charge in [0.25, 0.3) is 0 Å². The van der Waals surface area contributed by atoms with Crippen LogP contribution in [0.5, 0.6) is 11.5 Å². The lowest BCUT2D eigenvalue weighted by molar-refractivity contribution is -0.134. The van der Waals surface area contributed by atoms with Gasteiger partial charge in [0.1, 0.15) is 5.75 Å². The molecule has 1 heterocycles. The molecule has 5 nitrogen and oxygen atoms in total. The van der Waals surface area contributed by atoms with Crippen molar-refractivity contribution >= 4 is 5.97 Å². The molecule has 0 atom stereocenters. The second-order valence-electron chi connectivity index (χ2n) is 8.98. The van der Waals surface area contributed by atoms with Gasteiger partial charge in [-0.1, -0.05) is 65.2 Å². The average Bonchev–Trinajstić information content (AvgIpc) is 2.84. The van der Waals surface area contributed by atoms with E-state index in [0.717, 1.165) is 24.3 Å². The summed E-state index contributed by atoms with van der Waals surface area (Å²) in [5.41, 5.74) is 0.881. The smallest absolute Gasteiger partial charge is 0.311 e. The second-order valence-corrected chi connectivity index (χ2v) is 8.98. The van der Waals surface area contributed by atoms with E-state index in [0.29, 0.717) is 36.3 Å². The van der Waals surface area contributed by atoms with Crippen molar-refractivity contribution in [1.29, 1.82) is 0 Å². The molecule has 0 spiro atoms. The number of hydrogen-bond donors (Lipinski definition) is 0. The first-order valence-corrected chi connectivity index (χ1v) is 12.4. The molecule has 0 amide bonds. The average molecular weight is 439 g/mol. The van der Waals surface area contributed by atoms with Gasteiger partial charge in [-0.25, -0.2) is 9.97 Å². The van der Waals surface area contributed by atoms with Crippen molar-refractivity contribution in [1.82, 2.24) is 9.97 Å². The summed E-state index contributed by atoms with van der Waals surface area (Å²) in [6.45, 7) is 5.17. The molecule has 2 aromatic rings. The van der Waals surface area contributed by atoms with E-state index in [9.17, 15) is 4.79 Å². The predicted molar refractivity (Wildman–Crippen MR) is 128 cm³/mol. The van der Waals surface area contributed by atoms with Gasteiger partial charge in [-0.2, -0.15) is 0 Å². The normalized spacial score (nSPS) is 18.3. The van der Waals surface area contributed by atoms with E-state index in [1.807, 2.05) is 12.1 Å². The molecule has 174 valence electrons. The van der Waals surface area contributed by atoms with Crippen LogP contribution < -0.4 is 9.47 Å². The Morgan fingerprint density at radius 2 is 1.59 bits per heavy atom. The lowest BCUT2D eigenvalue weighted by atomic mass is 9.79. The summed E-state index contributed by atoms with van der Waals surface area (Å²) in [4.78, 5) is 21.1. The summed E-state index contributed by atoms with van der Waals surface area (Å²) in [7, 11) is 0. The maximum absolute atomic E-state index is 12.3. The summed E-state index contributed by atoms with van der Waals surface area (Å²) in [6.07, 6.45) is 16.0. The number of hydrogen-bond acceptors (Lipinski definition) is 5. The van der Waals surface area contributed by atoms with Gasteiger partial charge < -0.3 is 9.47 Å². The Morgan fingerprint density at radius 3 is 2.25 bits per heavy atom. The zero-order valence-electron chi connectivity index (χ0n) is 19.7. The number of esters is 1. The van der Waals surface area contributed by atoms with E-state index >= 15 is 0 Å². The molecule has 0 saturated heterocycles. The molecule has 5 heteroatoms. The molecule has 1 saturated carbocycles. The van der Waals surface area contributed by atoms with Gasteiger partial charge in [-0.15, -0.1) is 0 Å². The maximum Gasteiger partial charge on any atom is 0.311 e. The standard InChI is InChI=1S/C27H38N2O3/c1-3-5-6-7-18-31-25-19-28-27(29-20-25)23-13-15-24(16-14-23)32-26(30)17-12-22-10-8-21(4-2)9-11-22/h13-16,19-22H,3-12,17-18H2,1-2H3. The number of ether oxygens (including phenoxy) is 2. The molecule has 0 radical (unpaired) electrons. The van der Waals surface area contributed by atoms with E-state index in [1.165, 1.54) is 51.4 Å². The highest BCUT2D eigenvalue weighted by Crippen LogP contribution is 2.33. The number of benzene rings is 1. The Balaban J connectivity index is 1.41. The quantitative estimate of drug-likeness (QED) is 0.203. The van der Waals surface area contributed by atoms with Crippen LogP contribution >= 0.6 is 0 Å². The first-order chi connectivity index (χ1) is 15.7. The van der Waals surface area contributed by atoms with Crippen molar-refractivity contribution in [3.63, 3.8) is 0 Å². The fourth-order valence-corrected chi connectivity index (χ4v) is 4.36. The van der Waals surface area contributed by atoms with Crippen LogP contribution in [0, 0.1) is 11.8 Å². The third-order valence-corrected chi connectivity index (χ3v) is 6.54. The van der Waals surface area contributed by atoms with Crippen LogP contribution in [0.4, 0.5) is 0 Å². The van der Waals surface area contributed by atoms with E-state index in [-0.39, 0.29) is 5.97 Å². The topological polar surface area (TPSA) is 61.3 Å². The highest BCUT2D eigenvalue weighted by Gasteiger charge is 2.21. The summed E-state index contributed by atoms with van der Waals surface area (Å²) in [6, 6.07) is 7.38. The van der Waals surface area contributed by atoms with Crippen LogP contribution in [0.2, 0.25) is 0 Å². The number of carbonyl (C=O) groups excluding carboxylic acids is 1. The van der Waals surface area contributed by atoms with Gasteiger partial charge in [0.15, 0.2) is 11.6 Å². The molecule has 1 aliphatic carbocycles. The highest BCUT2D eigenvalue weighted by molar-refractivity contribution is 5.72. The van der Waals surface area contributed by atoms with Gasteiger partial charge in [-0.3, -0.25) is 4.79 Å². The van der Waals surface area contributed by atoms with Gasteiger partial charge in [0, 0.05) is 12.0 Å². The minimum Gasteiger partial charge on any atom is -0.490 e. The fraction of sp³-hybridized carbons (Fsp3) is 0.593. The molecule has 0 N–H and O–H groups in total. The van der Waals surface area contributed by atoms with Crippen LogP contribution in [0.1, 0.15) is 84.5 Å².